The lowest BCUT2D eigenvalue weighted by Crippen LogP contribution is -2.55. The summed E-state index contributed by atoms with van der Waals surface area (Å²) in [5.74, 6) is 0. The smallest absolute Gasteiger partial charge is 0.242 e. The summed E-state index contributed by atoms with van der Waals surface area (Å²) in [4.78, 5) is 4.49. The van der Waals surface area contributed by atoms with Gasteiger partial charge >= 0.3 is 0 Å². The minimum atomic E-state index is 0.146. The van der Waals surface area contributed by atoms with Gasteiger partial charge in [-0.25, -0.2) is 0 Å². The summed E-state index contributed by atoms with van der Waals surface area (Å²) in [7, 11) is 0. The van der Waals surface area contributed by atoms with E-state index in [9.17, 15) is 0 Å². The Kier molecular flexibility index (Phi) is 6.36. The van der Waals surface area contributed by atoms with E-state index in [0.717, 1.165) is 22.5 Å². The van der Waals surface area contributed by atoms with Crippen LogP contribution in [0, 0.1) is 41.5 Å². The van der Waals surface area contributed by atoms with Crippen LogP contribution in [0.25, 0.3) is 22.5 Å². The Balaban J connectivity index is 1.65. The Morgan fingerprint density at radius 1 is 0.667 bits per heavy atom. The standard InChI is InChI=1S/C32H31BN2O/c1-20-15-22(3)30(23(4)16-20)33(31-24(5)17-21(2)18-25(31)6)27-12-10-26(11-13-27)32-28(19-36-35-32)29-9-7-8-14-34-29/h7-19H,1-6H3. The molecule has 0 aliphatic carbocycles. The van der Waals surface area contributed by atoms with Crippen LogP contribution >= 0.6 is 0 Å². The highest BCUT2D eigenvalue weighted by Gasteiger charge is 2.28. The number of benzene rings is 3. The van der Waals surface area contributed by atoms with E-state index in [1.54, 1.807) is 12.5 Å². The summed E-state index contributed by atoms with van der Waals surface area (Å²) in [5, 5.41) is 4.31. The van der Waals surface area contributed by atoms with E-state index < -0.39 is 0 Å². The van der Waals surface area contributed by atoms with Crippen LogP contribution < -0.4 is 16.4 Å². The molecule has 5 aromatic rings. The van der Waals surface area contributed by atoms with Crippen molar-refractivity contribution in [2.24, 2.45) is 0 Å². The van der Waals surface area contributed by atoms with Crippen LogP contribution in [-0.2, 0) is 0 Å². The molecule has 2 heterocycles. The van der Waals surface area contributed by atoms with E-state index in [4.69, 9.17) is 4.52 Å². The highest BCUT2D eigenvalue weighted by molar-refractivity contribution is 6.96. The molecule has 0 unspecified atom stereocenters. The molecule has 36 heavy (non-hydrogen) atoms. The van der Waals surface area contributed by atoms with Crippen molar-refractivity contribution in [3.05, 3.63) is 113 Å². The third kappa shape index (κ3) is 4.40. The minimum absolute atomic E-state index is 0.146. The van der Waals surface area contributed by atoms with Crippen molar-refractivity contribution in [3.63, 3.8) is 0 Å². The van der Waals surface area contributed by atoms with Crippen LogP contribution in [0.15, 0.2) is 83.7 Å². The van der Waals surface area contributed by atoms with Crippen LogP contribution in [0.1, 0.15) is 33.4 Å². The summed E-state index contributed by atoms with van der Waals surface area (Å²) in [6.45, 7) is 13.5. The Hall–Kier alpha value is -3.92. The second-order valence-corrected chi connectivity index (χ2v) is 9.97. The molecule has 0 fully saturated rings. The molecule has 0 bridgehead atoms. The van der Waals surface area contributed by atoms with Gasteiger partial charge in [-0.2, -0.15) is 0 Å². The second kappa shape index (κ2) is 9.62. The van der Waals surface area contributed by atoms with Gasteiger partial charge in [-0.15, -0.1) is 0 Å². The summed E-state index contributed by atoms with van der Waals surface area (Å²) < 4.78 is 5.37. The van der Waals surface area contributed by atoms with Gasteiger partial charge in [-0.3, -0.25) is 4.98 Å². The molecule has 0 saturated carbocycles. The number of pyridine rings is 1. The van der Waals surface area contributed by atoms with Crippen molar-refractivity contribution in [2.75, 3.05) is 0 Å². The van der Waals surface area contributed by atoms with E-state index >= 15 is 0 Å². The first kappa shape index (κ1) is 23.8. The topological polar surface area (TPSA) is 38.9 Å². The molecule has 3 nitrogen and oxygen atoms in total. The van der Waals surface area contributed by atoms with Gasteiger partial charge in [0.1, 0.15) is 12.0 Å². The van der Waals surface area contributed by atoms with Crippen molar-refractivity contribution < 1.29 is 4.52 Å². The average Bonchev–Trinajstić information content (AvgIpc) is 3.33. The fourth-order valence-electron chi connectivity index (χ4n) is 5.75. The van der Waals surface area contributed by atoms with E-state index in [0.29, 0.717) is 0 Å². The van der Waals surface area contributed by atoms with Gasteiger partial charge in [0, 0.05) is 11.8 Å². The third-order valence-corrected chi connectivity index (χ3v) is 7.08. The predicted octanol–water partition coefficient (Wildman–Crippen LogP) is 5.77. The zero-order valence-electron chi connectivity index (χ0n) is 21.9. The molecule has 0 N–H and O–H groups in total. The number of nitrogens with zero attached hydrogens (tertiary/aromatic N) is 2. The first-order valence-corrected chi connectivity index (χ1v) is 12.4. The maximum absolute atomic E-state index is 5.37. The lowest BCUT2D eigenvalue weighted by atomic mass is 9.34. The number of aromatic nitrogens is 2. The molecule has 0 radical (unpaired) electrons. The zero-order valence-corrected chi connectivity index (χ0v) is 21.9. The summed E-state index contributed by atoms with van der Waals surface area (Å²) in [6.07, 6.45) is 3.46. The molecule has 0 spiro atoms. The molecular formula is C32H31BN2O. The van der Waals surface area contributed by atoms with Crippen LogP contribution in [0.4, 0.5) is 0 Å². The number of aryl methyl sites for hydroxylation is 6. The summed E-state index contributed by atoms with van der Waals surface area (Å²) in [5.41, 5.74) is 15.5. The molecule has 0 aliphatic heterocycles. The molecule has 0 saturated heterocycles. The Labute approximate surface area is 214 Å². The molecule has 178 valence electrons. The van der Waals surface area contributed by atoms with Crippen LogP contribution in [0.3, 0.4) is 0 Å². The average molecular weight is 470 g/mol. The molecular weight excluding hydrogens is 439 g/mol. The van der Waals surface area contributed by atoms with Crippen molar-refractivity contribution >= 4 is 23.1 Å². The molecule has 2 aromatic heterocycles. The molecule has 0 aliphatic rings. The van der Waals surface area contributed by atoms with Gasteiger partial charge in [0.05, 0.1) is 11.3 Å². The highest BCUT2D eigenvalue weighted by Crippen LogP contribution is 2.29. The van der Waals surface area contributed by atoms with Gasteiger partial charge in [0.2, 0.25) is 6.71 Å². The SMILES string of the molecule is Cc1cc(C)c(B(c2ccc(-c3nocc3-c3ccccn3)cc2)c2c(C)cc(C)cc2C)c(C)c1. The van der Waals surface area contributed by atoms with Gasteiger partial charge < -0.3 is 4.52 Å². The van der Waals surface area contributed by atoms with Crippen molar-refractivity contribution in [1.29, 1.82) is 0 Å². The Morgan fingerprint density at radius 3 is 1.72 bits per heavy atom. The molecule has 0 amide bonds. The minimum Gasteiger partial charge on any atom is -0.363 e. The third-order valence-electron chi connectivity index (χ3n) is 7.08. The van der Waals surface area contributed by atoms with Crippen LogP contribution in [0.2, 0.25) is 0 Å². The van der Waals surface area contributed by atoms with Gasteiger partial charge in [0.25, 0.3) is 0 Å². The van der Waals surface area contributed by atoms with Crippen LogP contribution in [0.5, 0.6) is 0 Å². The quantitative estimate of drug-likeness (QED) is 0.306. The monoisotopic (exact) mass is 470 g/mol. The van der Waals surface area contributed by atoms with E-state index in [2.05, 4.69) is 100 Å². The van der Waals surface area contributed by atoms with Crippen molar-refractivity contribution in [3.8, 4) is 22.5 Å². The fraction of sp³-hybridized carbons (Fsp3) is 0.188. The molecule has 0 atom stereocenters. The predicted molar refractivity (Wildman–Crippen MR) is 151 cm³/mol. The first-order chi connectivity index (χ1) is 17.3. The van der Waals surface area contributed by atoms with E-state index in [-0.39, 0.29) is 6.71 Å². The fourth-order valence-corrected chi connectivity index (χ4v) is 5.75. The zero-order chi connectivity index (χ0) is 25.4. The van der Waals surface area contributed by atoms with E-state index in [1.807, 2.05) is 18.2 Å². The summed E-state index contributed by atoms with van der Waals surface area (Å²) in [6, 6.07) is 23.9. The maximum Gasteiger partial charge on any atom is 0.242 e. The number of rotatable bonds is 5. The number of hydrogen-bond acceptors (Lipinski definition) is 3. The van der Waals surface area contributed by atoms with Gasteiger partial charge in [0.15, 0.2) is 0 Å². The first-order valence-electron chi connectivity index (χ1n) is 12.4. The Bertz CT molecular complexity index is 1430. The second-order valence-electron chi connectivity index (χ2n) is 9.97. The lowest BCUT2D eigenvalue weighted by molar-refractivity contribution is 0.422. The van der Waals surface area contributed by atoms with Crippen molar-refractivity contribution in [2.45, 2.75) is 41.5 Å². The number of hydrogen-bond donors (Lipinski definition) is 0. The van der Waals surface area contributed by atoms with Gasteiger partial charge in [-0.05, 0) is 53.7 Å². The van der Waals surface area contributed by atoms with Crippen LogP contribution in [-0.4, -0.2) is 16.9 Å². The Morgan fingerprint density at radius 2 is 1.22 bits per heavy atom. The summed E-state index contributed by atoms with van der Waals surface area (Å²) >= 11 is 0. The van der Waals surface area contributed by atoms with Gasteiger partial charge in [-0.1, -0.05) is 110 Å². The highest BCUT2D eigenvalue weighted by atomic mass is 16.5. The molecule has 3 aromatic carbocycles. The maximum atomic E-state index is 5.37. The largest absolute Gasteiger partial charge is 0.363 e. The normalized spacial score (nSPS) is 11.1. The van der Waals surface area contributed by atoms with E-state index in [1.165, 1.54) is 49.8 Å². The lowest BCUT2D eigenvalue weighted by Gasteiger charge is -2.24. The molecule has 4 heteroatoms. The van der Waals surface area contributed by atoms with Crippen molar-refractivity contribution in [1.82, 2.24) is 10.1 Å². The molecule has 5 rings (SSSR count).